The standard InChI is InChI=1S/C8H8ClF2N3O2/c1-3-5(9)2-4(6(15)14-12)7(13-3)16-8(10)11/h2,8H,12H2,1H3,(H,14,15). The molecule has 8 heteroatoms. The van der Waals surface area contributed by atoms with Crippen molar-refractivity contribution in [1.29, 1.82) is 0 Å². The maximum Gasteiger partial charge on any atom is 0.388 e. The van der Waals surface area contributed by atoms with Crippen LogP contribution in [-0.2, 0) is 0 Å². The number of rotatable bonds is 3. The van der Waals surface area contributed by atoms with Crippen LogP contribution in [0.1, 0.15) is 16.1 Å². The van der Waals surface area contributed by atoms with Gasteiger partial charge in [-0.2, -0.15) is 8.78 Å². The number of hydrogen-bond donors (Lipinski definition) is 2. The molecule has 1 aromatic rings. The number of aromatic nitrogens is 1. The average molecular weight is 252 g/mol. The van der Waals surface area contributed by atoms with Crippen LogP contribution in [0.4, 0.5) is 8.78 Å². The summed E-state index contributed by atoms with van der Waals surface area (Å²) in [6, 6.07) is 1.16. The highest BCUT2D eigenvalue weighted by atomic mass is 35.5. The van der Waals surface area contributed by atoms with E-state index in [1.807, 2.05) is 0 Å². The number of halogens is 3. The smallest absolute Gasteiger partial charge is 0.388 e. The molecule has 5 nitrogen and oxygen atoms in total. The van der Waals surface area contributed by atoms with Crippen LogP contribution in [0.2, 0.25) is 5.02 Å². The Labute approximate surface area is 94.5 Å². The normalized spacial score (nSPS) is 10.4. The highest BCUT2D eigenvalue weighted by Crippen LogP contribution is 2.24. The van der Waals surface area contributed by atoms with Crippen LogP contribution in [0.3, 0.4) is 0 Å². The van der Waals surface area contributed by atoms with Gasteiger partial charge < -0.3 is 4.74 Å². The van der Waals surface area contributed by atoms with Crippen molar-refractivity contribution in [1.82, 2.24) is 10.4 Å². The number of alkyl halides is 2. The monoisotopic (exact) mass is 251 g/mol. The molecule has 0 atom stereocenters. The molecule has 1 aromatic heterocycles. The third-order valence-corrected chi connectivity index (χ3v) is 2.08. The Balaban J connectivity index is 3.21. The van der Waals surface area contributed by atoms with Crippen LogP contribution in [0.5, 0.6) is 5.88 Å². The molecule has 1 heterocycles. The molecule has 1 amide bonds. The molecule has 0 aliphatic carbocycles. The van der Waals surface area contributed by atoms with Crippen molar-refractivity contribution in [2.75, 3.05) is 0 Å². The second-order valence-electron chi connectivity index (χ2n) is 2.76. The third-order valence-electron chi connectivity index (χ3n) is 1.69. The first-order valence-electron chi connectivity index (χ1n) is 4.08. The molecule has 0 saturated carbocycles. The Morgan fingerprint density at radius 3 is 2.81 bits per heavy atom. The maximum absolute atomic E-state index is 12.0. The topological polar surface area (TPSA) is 77.2 Å². The van der Waals surface area contributed by atoms with Gasteiger partial charge in [0.15, 0.2) is 0 Å². The van der Waals surface area contributed by atoms with Crippen LogP contribution < -0.4 is 16.0 Å². The van der Waals surface area contributed by atoms with Crippen molar-refractivity contribution in [3.8, 4) is 5.88 Å². The van der Waals surface area contributed by atoms with E-state index in [2.05, 4.69) is 9.72 Å². The van der Waals surface area contributed by atoms with E-state index in [4.69, 9.17) is 17.4 Å². The third kappa shape index (κ3) is 2.77. The van der Waals surface area contributed by atoms with Gasteiger partial charge in [-0.15, -0.1) is 0 Å². The van der Waals surface area contributed by atoms with E-state index in [1.165, 1.54) is 6.92 Å². The molecular formula is C8H8ClF2N3O2. The average Bonchev–Trinajstić information content (AvgIpc) is 2.21. The molecular weight excluding hydrogens is 244 g/mol. The van der Waals surface area contributed by atoms with Crippen LogP contribution >= 0.6 is 11.6 Å². The number of aryl methyl sites for hydroxylation is 1. The maximum atomic E-state index is 12.0. The number of pyridine rings is 1. The summed E-state index contributed by atoms with van der Waals surface area (Å²) in [5, 5.41) is 0.153. The fraction of sp³-hybridized carbons (Fsp3) is 0.250. The van der Waals surface area contributed by atoms with Gasteiger partial charge in [-0.3, -0.25) is 10.2 Å². The number of carbonyl (C=O) groups excluding carboxylic acids is 1. The Morgan fingerprint density at radius 2 is 2.31 bits per heavy atom. The van der Waals surface area contributed by atoms with Crippen LogP contribution in [0.15, 0.2) is 6.07 Å². The van der Waals surface area contributed by atoms with Gasteiger partial charge in [-0.25, -0.2) is 10.8 Å². The van der Waals surface area contributed by atoms with Gasteiger partial charge in [-0.1, -0.05) is 11.6 Å². The molecule has 0 aromatic carbocycles. The summed E-state index contributed by atoms with van der Waals surface area (Å²) in [4.78, 5) is 14.9. The Hall–Kier alpha value is -1.47. The zero-order chi connectivity index (χ0) is 12.3. The molecule has 0 spiro atoms. The number of hydrogen-bond acceptors (Lipinski definition) is 4. The minimum absolute atomic E-state index is 0.153. The first kappa shape index (κ1) is 12.6. The van der Waals surface area contributed by atoms with E-state index in [1.54, 1.807) is 5.43 Å². The first-order valence-corrected chi connectivity index (χ1v) is 4.46. The van der Waals surface area contributed by atoms with E-state index in [-0.39, 0.29) is 16.3 Å². The van der Waals surface area contributed by atoms with E-state index in [0.29, 0.717) is 0 Å². The van der Waals surface area contributed by atoms with E-state index in [9.17, 15) is 13.6 Å². The number of hydrazine groups is 1. The Bertz CT molecular complexity index is 415. The SMILES string of the molecule is Cc1nc(OC(F)F)c(C(=O)NN)cc1Cl. The number of nitrogens with one attached hydrogen (secondary N) is 1. The highest BCUT2D eigenvalue weighted by Gasteiger charge is 2.18. The second kappa shape index (κ2) is 5.04. The fourth-order valence-corrected chi connectivity index (χ4v) is 1.12. The van der Waals surface area contributed by atoms with Crippen molar-refractivity contribution in [2.45, 2.75) is 13.5 Å². The molecule has 0 fully saturated rings. The molecule has 0 aliphatic rings. The minimum atomic E-state index is -3.09. The molecule has 0 bridgehead atoms. The van der Waals surface area contributed by atoms with E-state index >= 15 is 0 Å². The van der Waals surface area contributed by atoms with Gasteiger partial charge in [0.1, 0.15) is 5.56 Å². The largest absolute Gasteiger partial charge is 0.416 e. The van der Waals surface area contributed by atoms with Crippen molar-refractivity contribution < 1.29 is 18.3 Å². The number of nitrogens with two attached hydrogens (primary N) is 1. The molecule has 0 unspecified atom stereocenters. The Morgan fingerprint density at radius 1 is 1.69 bits per heavy atom. The summed E-state index contributed by atoms with van der Waals surface area (Å²) in [6.07, 6.45) is 0. The minimum Gasteiger partial charge on any atom is -0.416 e. The summed E-state index contributed by atoms with van der Waals surface area (Å²) >= 11 is 5.70. The van der Waals surface area contributed by atoms with Crippen molar-refractivity contribution >= 4 is 17.5 Å². The lowest BCUT2D eigenvalue weighted by molar-refractivity contribution is -0.0532. The predicted molar refractivity (Wildman–Crippen MR) is 52.3 cm³/mol. The molecule has 0 aliphatic heterocycles. The number of nitrogen functional groups attached to an aromatic ring is 1. The van der Waals surface area contributed by atoms with Gasteiger partial charge in [0.2, 0.25) is 5.88 Å². The number of amides is 1. The van der Waals surface area contributed by atoms with Gasteiger partial charge in [-0.05, 0) is 13.0 Å². The number of carbonyl (C=O) groups is 1. The molecule has 88 valence electrons. The van der Waals surface area contributed by atoms with Crippen LogP contribution in [0.25, 0.3) is 0 Å². The number of nitrogens with zero attached hydrogens (tertiary/aromatic N) is 1. The molecule has 3 N–H and O–H groups in total. The van der Waals surface area contributed by atoms with Crippen molar-refractivity contribution in [3.05, 3.63) is 22.3 Å². The lowest BCUT2D eigenvalue weighted by Gasteiger charge is -2.10. The van der Waals surface area contributed by atoms with Gasteiger partial charge in [0.25, 0.3) is 5.91 Å². The van der Waals surface area contributed by atoms with Gasteiger partial charge in [0.05, 0.1) is 10.7 Å². The number of ether oxygens (including phenoxy) is 1. The quantitative estimate of drug-likeness (QED) is 0.481. The first-order chi connectivity index (χ1) is 7.45. The summed E-state index contributed by atoms with van der Waals surface area (Å²) < 4.78 is 28.2. The van der Waals surface area contributed by atoms with Crippen molar-refractivity contribution in [2.24, 2.45) is 5.84 Å². The summed E-state index contributed by atoms with van der Waals surface area (Å²) in [7, 11) is 0. The molecule has 16 heavy (non-hydrogen) atoms. The van der Waals surface area contributed by atoms with Crippen molar-refractivity contribution in [3.63, 3.8) is 0 Å². The zero-order valence-electron chi connectivity index (χ0n) is 8.13. The molecule has 1 rings (SSSR count). The fourth-order valence-electron chi connectivity index (χ4n) is 0.973. The van der Waals surface area contributed by atoms with E-state index in [0.717, 1.165) is 6.07 Å². The lowest BCUT2D eigenvalue weighted by atomic mass is 10.2. The zero-order valence-corrected chi connectivity index (χ0v) is 8.89. The van der Waals surface area contributed by atoms with E-state index < -0.39 is 18.4 Å². The van der Waals surface area contributed by atoms with Gasteiger partial charge >= 0.3 is 6.61 Å². The summed E-state index contributed by atoms with van der Waals surface area (Å²) in [6.45, 7) is -1.59. The highest BCUT2D eigenvalue weighted by molar-refractivity contribution is 6.31. The molecule has 0 saturated heterocycles. The predicted octanol–water partition coefficient (Wildman–Crippen LogP) is 1.25. The lowest BCUT2D eigenvalue weighted by Crippen LogP contribution is -2.30. The van der Waals surface area contributed by atoms with Crippen LogP contribution in [-0.4, -0.2) is 17.5 Å². The van der Waals surface area contributed by atoms with Gasteiger partial charge in [0, 0.05) is 0 Å². The summed E-state index contributed by atoms with van der Waals surface area (Å²) in [5.41, 5.74) is 1.80. The second-order valence-corrected chi connectivity index (χ2v) is 3.17. The van der Waals surface area contributed by atoms with Crippen LogP contribution in [0, 0.1) is 6.92 Å². The Kier molecular flexibility index (Phi) is 3.97. The summed E-state index contributed by atoms with van der Waals surface area (Å²) in [5.74, 6) is 3.55. The molecule has 0 radical (unpaired) electrons.